The minimum absolute atomic E-state index is 0.0171. The van der Waals surface area contributed by atoms with Gasteiger partial charge in [0.05, 0.1) is 17.2 Å². The van der Waals surface area contributed by atoms with Crippen molar-refractivity contribution in [3.63, 3.8) is 0 Å². The molecule has 1 atom stereocenters. The Morgan fingerprint density at radius 2 is 1.94 bits per heavy atom. The molecule has 0 bridgehead atoms. The fourth-order valence-corrected chi connectivity index (χ4v) is 4.82. The van der Waals surface area contributed by atoms with Gasteiger partial charge in [0.2, 0.25) is 0 Å². The van der Waals surface area contributed by atoms with Crippen LogP contribution >= 0.6 is 11.6 Å². The van der Waals surface area contributed by atoms with Gasteiger partial charge in [-0.1, -0.05) is 24.6 Å². The number of aromatic nitrogens is 4. The second-order valence-electron chi connectivity index (χ2n) is 8.86. The molecule has 1 aliphatic heterocycles. The van der Waals surface area contributed by atoms with Crippen molar-refractivity contribution in [2.24, 2.45) is 5.92 Å². The van der Waals surface area contributed by atoms with Gasteiger partial charge in [0.1, 0.15) is 28.7 Å². The molecule has 1 aliphatic rings. The molecule has 2 aromatic heterocycles. The van der Waals surface area contributed by atoms with Crippen LogP contribution in [0.2, 0.25) is 5.02 Å². The van der Waals surface area contributed by atoms with Crippen molar-refractivity contribution in [2.75, 3.05) is 24.6 Å². The molecule has 0 amide bonds. The number of hydrogen-bond donors (Lipinski definition) is 1. The highest BCUT2D eigenvalue weighted by molar-refractivity contribution is 6.34. The Bertz CT molecular complexity index is 1390. The number of aromatic hydroxyl groups is 1. The van der Waals surface area contributed by atoms with E-state index in [9.17, 15) is 9.50 Å². The zero-order chi connectivity index (χ0) is 25.2. The lowest BCUT2D eigenvalue weighted by Crippen LogP contribution is -2.35. The van der Waals surface area contributed by atoms with Crippen LogP contribution in [0.15, 0.2) is 42.7 Å². The second-order valence-corrected chi connectivity index (χ2v) is 9.27. The maximum Gasteiger partial charge on any atom is 0.319 e. The predicted molar refractivity (Wildman–Crippen MR) is 133 cm³/mol. The molecule has 1 saturated heterocycles. The van der Waals surface area contributed by atoms with E-state index in [0.29, 0.717) is 29.4 Å². The Hall–Kier alpha value is -3.59. The van der Waals surface area contributed by atoms with E-state index in [1.165, 1.54) is 18.2 Å². The molecule has 186 valence electrons. The number of fused-ring (bicyclic) bond motifs is 1. The molecule has 0 unspecified atom stereocenters. The molecule has 0 saturated carbocycles. The van der Waals surface area contributed by atoms with Gasteiger partial charge in [0.25, 0.3) is 0 Å². The van der Waals surface area contributed by atoms with E-state index in [1.807, 2.05) is 0 Å². The van der Waals surface area contributed by atoms with E-state index in [2.05, 4.69) is 31.8 Å². The molecule has 7 nitrogen and oxygen atoms in total. The smallest absolute Gasteiger partial charge is 0.319 e. The summed E-state index contributed by atoms with van der Waals surface area (Å²) in [4.78, 5) is 19.4. The normalized spacial score (nSPS) is 15.9. The molecule has 0 spiro atoms. The van der Waals surface area contributed by atoms with Gasteiger partial charge in [0.15, 0.2) is 5.82 Å². The number of benzene rings is 2. The van der Waals surface area contributed by atoms with Crippen LogP contribution in [0.1, 0.15) is 25.6 Å². The topological polar surface area (TPSA) is 84.3 Å². The van der Waals surface area contributed by atoms with Gasteiger partial charge in [-0.15, -0.1) is 0 Å². The number of phenolic OH excluding ortho intramolecular Hbond substituents is 1. The van der Waals surface area contributed by atoms with E-state index in [0.717, 1.165) is 32.0 Å². The zero-order valence-corrected chi connectivity index (χ0v) is 20.3. The number of nitrogens with zero attached hydrogens (tertiary/aromatic N) is 5. The fraction of sp³-hybridized carbons (Fsp3) is 0.308. The van der Waals surface area contributed by atoms with Gasteiger partial charge in [-0.05, 0) is 43.0 Å². The first kappa shape index (κ1) is 24.1. The first-order valence-electron chi connectivity index (χ1n) is 11.7. The molecular formula is C26H24ClF2N5O2. The van der Waals surface area contributed by atoms with Crippen molar-refractivity contribution in [1.29, 1.82) is 0 Å². The summed E-state index contributed by atoms with van der Waals surface area (Å²) >= 11 is 6.48. The summed E-state index contributed by atoms with van der Waals surface area (Å²) in [5.41, 5.74) is -0.649. The summed E-state index contributed by atoms with van der Waals surface area (Å²) in [5, 5.41) is 10.6. The van der Waals surface area contributed by atoms with Gasteiger partial charge in [-0.3, -0.25) is 0 Å². The van der Waals surface area contributed by atoms with E-state index >= 15 is 4.39 Å². The van der Waals surface area contributed by atoms with Crippen molar-refractivity contribution in [3.8, 4) is 22.9 Å². The summed E-state index contributed by atoms with van der Waals surface area (Å²) in [6.45, 7) is 3.81. The monoisotopic (exact) mass is 511 g/mol. The lowest BCUT2D eigenvalue weighted by Gasteiger charge is -2.32. The Kier molecular flexibility index (Phi) is 6.82. The zero-order valence-electron chi connectivity index (χ0n) is 19.6. The SMILES string of the molecule is C[C@H]1CCCN(c2nc(OCCc3ncccn3)nc3c(F)c(-c4c(O)cccc4F)c(Cl)cc23)C1. The molecular weight excluding hydrogens is 488 g/mol. The number of anilines is 1. The minimum atomic E-state index is -0.858. The molecule has 2 aromatic carbocycles. The molecule has 5 rings (SSSR count). The van der Waals surface area contributed by atoms with Gasteiger partial charge in [0, 0.05) is 42.9 Å². The standard InChI is InChI=1S/C26H24ClF2N5O2/c1-15-5-3-11-34(14-15)25-16-13-17(27)21(22-18(28)6-2-7-19(22)35)23(29)24(16)32-26(33-25)36-12-8-20-30-9-4-10-31-20/h2,4,6-7,9-10,13,15,35H,3,5,8,11-12,14H2,1H3/t15-/m0/s1. The largest absolute Gasteiger partial charge is 0.507 e. The minimum Gasteiger partial charge on any atom is -0.507 e. The van der Waals surface area contributed by atoms with E-state index in [-0.39, 0.29) is 34.3 Å². The molecule has 10 heteroatoms. The summed E-state index contributed by atoms with van der Waals surface area (Å²) in [5.74, 6) is -0.551. The van der Waals surface area contributed by atoms with Gasteiger partial charge < -0.3 is 14.7 Å². The molecule has 1 fully saturated rings. The number of halogens is 3. The molecule has 3 heterocycles. The lowest BCUT2D eigenvalue weighted by molar-refractivity contribution is 0.294. The van der Waals surface area contributed by atoms with Crippen LogP contribution in [0.4, 0.5) is 14.6 Å². The van der Waals surface area contributed by atoms with Crippen molar-refractivity contribution < 1.29 is 18.6 Å². The summed E-state index contributed by atoms with van der Waals surface area (Å²) in [7, 11) is 0. The molecule has 0 radical (unpaired) electrons. The Balaban J connectivity index is 1.62. The van der Waals surface area contributed by atoms with Crippen LogP contribution < -0.4 is 9.64 Å². The van der Waals surface area contributed by atoms with Crippen molar-refractivity contribution in [3.05, 3.63) is 65.2 Å². The van der Waals surface area contributed by atoms with E-state index < -0.39 is 17.4 Å². The van der Waals surface area contributed by atoms with Crippen LogP contribution in [0.3, 0.4) is 0 Å². The molecule has 36 heavy (non-hydrogen) atoms. The highest BCUT2D eigenvalue weighted by Gasteiger charge is 2.27. The maximum absolute atomic E-state index is 16.0. The van der Waals surface area contributed by atoms with Crippen LogP contribution in [0.5, 0.6) is 11.8 Å². The third-order valence-electron chi connectivity index (χ3n) is 6.22. The second kappa shape index (κ2) is 10.2. The third-order valence-corrected chi connectivity index (χ3v) is 6.51. The quantitative estimate of drug-likeness (QED) is 0.361. The molecule has 4 aromatic rings. The summed E-state index contributed by atoms with van der Waals surface area (Å²) in [6.07, 6.45) is 5.75. The van der Waals surface area contributed by atoms with Crippen LogP contribution in [0, 0.1) is 17.6 Å². The maximum atomic E-state index is 16.0. The highest BCUT2D eigenvalue weighted by atomic mass is 35.5. The number of rotatable bonds is 6. The average molecular weight is 512 g/mol. The van der Waals surface area contributed by atoms with Crippen LogP contribution in [-0.2, 0) is 6.42 Å². The van der Waals surface area contributed by atoms with Crippen molar-refractivity contribution >= 4 is 28.3 Å². The number of piperidine rings is 1. The van der Waals surface area contributed by atoms with Gasteiger partial charge in [-0.25, -0.2) is 18.7 Å². The fourth-order valence-electron chi connectivity index (χ4n) is 4.53. The Morgan fingerprint density at radius 1 is 1.14 bits per heavy atom. The van der Waals surface area contributed by atoms with Crippen molar-refractivity contribution in [2.45, 2.75) is 26.2 Å². The van der Waals surface area contributed by atoms with Gasteiger partial charge in [-0.2, -0.15) is 9.97 Å². The summed E-state index contributed by atoms with van der Waals surface area (Å²) in [6, 6.07) is 6.98. The van der Waals surface area contributed by atoms with Crippen molar-refractivity contribution in [1.82, 2.24) is 19.9 Å². The Morgan fingerprint density at radius 3 is 2.69 bits per heavy atom. The first-order chi connectivity index (χ1) is 17.4. The highest BCUT2D eigenvalue weighted by Crippen LogP contribution is 2.43. The first-order valence-corrected chi connectivity index (χ1v) is 12.1. The number of hydrogen-bond acceptors (Lipinski definition) is 7. The predicted octanol–water partition coefficient (Wildman–Crippen LogP) is 5.58. The van der Waals surface area contributed by atoms with E-state index in [4.69, 9.17) is 16.3 Å². The molecule has 0 aliphatic carbocycles. The van der Waals surface area contributed by atoms with E-state index in [1.54, 1.807) is 18.5 Å². The summed E-state index contributed by atoms with van der Waals surface area (Å²) < 4.78 is 36.5. The number of ether oxygens (including phenoxy) is 1. The van der Waals surface area contributed by atoms with Gasteiger partial charge >= 0.3 is 6.01 Å². The van der Waals surface area contributed by atoms with Crippen LogP contribution in [-0.4, -0.2) is 44.7 Å². The number of phenols is 1. The Labute approximate surface area is 211 Å². The lowest BCUT2D eigenvalue weighted by atomic mass is 9.98. The van der Waals surface area contributed by atoms with Crippen LogP contribution in [0.25, 0.3) is 22.0 Å². The average Bonchev–Trinajstić information content (AvgIpc) is 2.86. The molecule has 1 N–H and O–H groups in total. The third kappa shape index (κ3) is 4.75.